The molecule has 1 aliphatic rings. The number of rotatable bonds is 6. The van der Waals surface area contributed by atoms with E-state index in [4.69, 9.17) is 4.74 Å². The molecule has 0 spiro atoms. The van der Waals surface area contributed by atoms with E-state index in [0.717, 1.165) is 12.1 Å². The Labute approximate surface area is 176 Å². The second-order valence-corrected chi connectivity index (χ2v) is 8.96. The predicted molar refractivity (Wildman–Crippen MR) is 105 cm³/mol. The van der Waals surface area contributed by atoms with Crippen LogP contribution in [-0.4, -0.2) is 44.5 Å². The van der Waals surface area contributed by atoms with Crippen LogP contribution in [0, 0.1) is 11.7 Å². The third kappa shape index (κ3) is 5.95. The zero-order chi connectivity index (χ0) is 22.6. The van der Waals surface area contributed by atoms with Gasteiger partial charge in [-0.25, -0.2) is 12.8 Å². The Kier molecular flexibility index (Phi) is 6.85. The van der Waals surface area contributed by atoms with Crippen LogP contribution in [0.3, 0.4) is 0 Å². The topological polar surface area (TPSA) is 75.7 Å². The molecule has 0 atom stereocenters. The number of para-hydroxylation sites is 2. The number of piperidine rings is 1. The van der Waals surface area contributed by atoms with Crippen molar-refractivity contribution in [2.45, 2.75) is 23.9 Å². The molecule has 6 nitrogen and oxygen atoms in total. The Hall–Kier alpha value is -2.66. The second kappa shape index (κ2) is 9.23. The monoisotopic (exact) mass is 460 g/mol. The Bertz CT molecular complexity index is 1020. The molecule has 3 rings (SSSR count). The molecule has 0 saturated carbocycles. The highest BCUT2D eigenvalue weighted by atomic mass is 32.2. The zero-order valence-corrected chi connectivity index (χ0v) is 17.0. The first-order valence-electron chi connectivity index (χ1n) is 9.41. The van der Waals surface area contributed by atoms with E-state index in [0.29, 0.717) is 0 Å². The molecular weight excluding hydrogens is 440 g/mol. The predicted octanol–water partition coefficient (Wildman–Crippen LogP) is 3.81. The minimum atomic E-state index is -4.51. The number of carbonyl (C=O) groups is 1. The van der Waals surface area contributed by atoms with Crippen LogP contribution < -0.4 is 10.1 Å². The van der Waals surface area contributed by atoms with E-state index in [9.17, 15) is 30.8 Å². The summed E-state index contributed by atoms with van der Waals surface area (Å²) in [6.45, 7) is -1.31. The van der Waals surface area contributed by atoms with E-state index >= 15 is 0 Å². The van der Waals surface area contributed by atoms with E-state index in [1.54, 1.807) is 6.07 Å². The van der Waals surface area contributed by atoms with Crippen LogP contribution in [0.5, 0.6) is 5.75 Å². The number of sulfonamides is 1. The van der Waals surface area contributed by atoms with E-state index in [1.807, 2.05) is 0 Å². The van der Waals surface area contributed by atoms with Gasteiger partial charge in [-0.2, -0.15) is 17.5 Å². The second-order valence-electron chi connectivity index (χ2n) is 7.02. The molecule has 2 aromatic rings. The molecule has 168 valence electrons. The van der Waals surface area contributed by atoms with Crippen LogP contribution in [0.15, 0.2) is 53.4 Å². The number of halogens is 4. The SMILES string of the molecule is O=C(Nc1ccccc1OCC(F)(F)F)C1CCN(S(=O)(=O)c2ccc(F)cc2)CC1. The first-order valence-corrected chi connectivity index (χ1v) is 10.9. The molecule has 0 aliphatic carbocycles. The molecule has 2 aromatic carbocycles. The number of anilines is 1. The van der Waals surface area contributed by atoms with Crippen molar-refractivity contribution >= 4 is 21.6 Å². The number of hydrogen-bond donors (Lipinski definition) is 1. The molecule has 1 fully saturated rings. The smallest absolute Gasteiger partial charge is 0.422 e. The van der Waals surface area contributed by atoms with E-state index < -0.39 is 40.4 Å². The third-order valence-electron chi connectivity index (χ3n) is 4.81. The maximum atomic E-state index is 13.1. The van der Waals surface area contributed by atoms with Gasteiger partial charge in [0.25, 0.3) is 0 Å². The first-order chi connectivity index (χ1) is 14.6. The molecular formula is C20H20F4N2O4S. The summed E-state index contributed by atoms with van der Waals surface area (Å²) in [7, 11) is -3.81. The normalized spacial score (nSPS) is 16.1. The van der Waals surface area contributed by atoms with E-state index in [-0.39, 0.29) is 42.3 Å². The molecule has 1 saturated heterocycles. The lowest BCUT2D eigenvalue weighted by Crippen LogP contribution is -2.41. The number of amides is 1. The van der Waals surface area contributed by atoms with E-state index in [2.05, 4.69) is 5.32 Å². The lowest BCUT2D eigenvalue weighted by atomic mass is 9.97. The maximum absolute atomic E-state index is 13.1. The van der Waals surface area contributed by atoms with E-state index in [1.165, 1.54) is 34.6 Å². The van der Waals surface area contributed by atoms with Gasteiger partial charge in [0.15, 0.2) is 6.61 Å². The summed E-state index contributed by atoms with van der Waals surface area (Å²) >= 11 is 0. The fraction of sp³-hybridized carbons (Fsp3) is 0.350. The van der Waals surface area contributed by atoms with Crippen LogP contribution in [0.1, 0.15) is 12.8 Å². The maximum Gasteiger partial charge on any atom is 0.422 e. The number of carbonyl (C=O) groups excluding carboxylic acids is 1. The zero-order valence-electron chi connectivity index (χ0n) is 16.2. The highest BCUT2D eigenvalue weighted by molar-refractivity contribution is 7.89. The summed E-state index contributed by atoms with van der Waals surface area (Å²) in [5.41, 5.74) is 0.109. The van der Waals surface area contributed by atoms with Gasteiger partial charge in [0.1, 0.15) is 11.6 Å². The molecule has 0 unspecified atom stereocenters. The minimum absolute atomic E-state index is 0.0347. The fourth-order valence-corrected chi connectivity index (χ4v) is 4.67. The average Bonchev–Trinajstić information content (AvgIpc) is 2.73. The summed E-state index contributed by atoms with van der Waals surface area (Å²) in [6.07, 6.45) is -4.05. The van der Waals surface area contributed by atoms with Crippen molar-refractivity contribution in [1.82, 2.24) is 4.31 Å². The van der Waals surface area contributed by atoms with Crippen LogP contribution in [0.25, 0.3) is 0 Å². The van der Waals surface area contributed by atoms with Gasteiger partial charge in [-0.15, -0.1) is 0 Å². The lowest BCUT2D eigenvalue weighted by molar-refractivity contribution is -0.153. The summed E-state index contributed by atoms with van der Waals surface area (Å²) in [5.74, 6) is -1.60. The molecule has 1 N–H and O–H groups in total. The molecule has 0 bridgehead atoms. The quantitative estimate of drug-likeness (QED) is 0.666. The van der Waals surface area contributed by atoms with Crippen LogP contribution in [0.2, 0.25) is 0 Å². The molecule has 11 heteroatoms. The van der Waals surface area contributed by atoms with Gasteiger partial charge < -0.3 is 10.1 Å². The molecule has 0 aromatic heterocycles. The Morgan fingerprint density at radius 1 is 1.06 bits per heavy atom. The van der Waals surface area contributed by atoms with Crippen molar-refractivity contribution in [3.63, 3.8) is 0 Å². The highest BCUT2D eigenvalue weighted by Crippen LogP contribution is 2.29. The summed E-state index contributed by atoms with van der Waals surface area (Å²) in [5, 5.41) is 2.57. The number of nitrogens with one attached hydrogen (secondary N) is 1. The van der Waals surface area contributed by atoms with Crippen LogP contribution in [0.4, 0.5) is 23.2 Å². The summed E-state index contributed by atoms with van der Waals surface area (Å²) in [6, 6.07) is 10.3. The molecule has 1 amide bonds. The highest BCUT2D eigenvalue weighted by Gasteiger charge is 2.33. The molecule has 0 radical (unpaired) electrons. The Morgan fingerprint density at radius 3 is 2.29 bits per heavy atom. The lowest BCUT2D eigenvalue weighted by Gasteiger charge is -2.30. The van der Waals surface area contributed by atoms with Gasteiger partial charge in [-0.3, -0.25) is 4.79 Å². The van der Waals surface area contributed by atoms with Gasteiger partial charge in [-0.1, -0.05) is 12.1 Å². The van der Waals surface area contributed by atoms with Crippen LogP contribution >= 0.6 is 0 Å². The Morgan fingerprint density at radius 2 is 1.68 bits per heavy atom. The van der Waals surface area contributed by atoms with Crippen molar-refractivity contribution in [3.05, 3.63) is 54.3 Å². The first kappa shape index (κ1) is 23.0. The Balaban J connectivity index is 1.60. The van der Waals surface area contributed by atoms with Gasteiger partial charge in [0.05, 0.1) is 10.6 Å². The summed E-state index contributed by atoms with van der Waals surface area (Å²) < 4.78 is 81.6. The van der Waals surface area contributed by atoms with Gasteiger partial charge in [0, 0.05) is 19.0 Å². The molecule has 1 heterocycles. The average molecular weight is 460 g/mol. The van der Waals surface area contributed by atoms with Crippen molar-refractivity contribution in [3.8, 4) is 5.75 Å². The van der Waals surface area contributed by atoms with Crippen molar-refractivity contribution < 1.29 is 35.5 Å². The number of alkyl halides is 3. The number of ether oxygens (including phenoxy) is 1. The molecule has 1 aliphatic heterocycles. The third-order valence-corrected chi connectivity index (χ3v) is 6.73. The van der Waals surface area contributed by atoms with Gasteiger partial charge in [0.2, 0.25) is 15.9 Å². The van der Waals surface area contributed by atoms with Crippen molar-refractivity contribution in [1.29, 1.82) is 0 Å². The van der Waals surface area contributed by atoms with Gasteiger partial charge >= 0.3 is 6.18 Å². The summed E-state index contributed by atoms with van der Waals surface area (Å²) in [4.78, 5) is 12.6. The largest absolute Gasteiger partial charge is 0.482 e. The number of hydrogen-bond acceptors (Lipinski definition) is 4. The van der Waals surface area contributed by atoms with Gasteiger partial charge in [-0.05, 0) is 49.2 Å². The fourth-order valence-electron chi connectivity index (χ4n) is 3.20. The minimum Gasteiger partial charge on any atom is -0.482 e. The molecule has 31 heavy (non-hydrogen) atoms. The number of benzene rings is 2. The number of nitrogens with zero attached hydrogens (tertiary/aromatic N) is 1. The van der Waals surface area contributed by atoms with Crippen LogP contribution in [-0.2, 0) is 14.8 Å². The standard InChI is InChI=1S/C20H20F4N2O4S/c21-15-5-7-16(8-6-15)31(28,29)26-11-9-14(10-12-26)19(27)25-17-3-1-2-4-18(17)30-13-20(22,23)24/h1-8,14H,9-13H2,(H,25,27). The van der Waals surface area contributed by atoms with Crippen molar-refractivity contribution in [2.24, 2.45) is 5.92 Å². The van der Waals surface area contributed by atoms with Crippen molar-refractivity contribution in [2.75, 3.05) is 25.0 Å².